The fourth-order valence-corrected chi connectivity index (χ4v) is 4.60. The molecule has 5 rings (SSSR count). The summed E-state index contributed by atoms with van der Waals surface area (Å²) in [4.78, 5) is 30.6. The van der Waals surface area contributed by atoms with Gasteiger partial charge in [-0.05, 0) is 37.8 Å². The van der Waals surface area contributed by atoms with E-state index in [1.54, 1.807) is 18.6 Å². The molecule has 3 aromatic heterocycles. The summed E-state index contributed by atoms with van der Waals surface area (Å²) in [5.41, 5.74) is 7.55. The molecule has 2 saturated heterocycles. The van der Waals surface area contributed by atoms with Crippen molar-refractivity contribution < 1.29 is 4.79 Å². The van der Waals surface area contributed by atoms with Gasteiger partial charge in [0, 0.05) is 48.3 Å². The number of anilines is 2. The molecule has 2 aliphatic heterocycles. The van der Waals surface area contributed by atoms with Crippen LogP contribution in [-0.4, -0.2) is 44.0 Å². The van der Waals surface area contributed by atoms with E-state index in [2.05, 4.69) is 30.2 Å². The topological polar surface area (TPSA) is 113 Å². The summed E-state index contributed by atoms with van der Waals surface area (Å²) in [7, 11) is 0. The first-order valence-corrected chi connectivity index (χ1v) is 9.28. The van der Waals surface area contributed by atoms with E-state index >= 15 is 0 Å². The first-order valence-electron chi connectivity index (χ1n) is 9.28. The summed E-state index contributed by atoms with van der Waals surface area (Å²) in [6.45, 7) is 0. The number of carbonyl (C=O) groups excluding carboxylic acids is 1. The van der Waals surface area contributed by atoms with E-state index in [-0.39, 0.29) is 6.04 Å². The van der Waals surface area contributed by atoms with Crippen molar-refractivity contribution in [2.24, 2.45) is 5.73 Å². The molecule has 27 heavy (non-hydrogen) atoms. The molecule has 0 aromatic carbocycles. The summed E-state index contributed by atoms with van der Waals surface area (Å²) >= 11 is 0. The highest BCUT2D eigenvalue weighted by atomic mass is 16.1. The maximum atomic E-state index is 11.9. The van der Waals surface area contributed by atoms with Crippen LogP contribution in [0.25, 0.3) is 11.0 Å². The van der Waals surface area contributed by atoms with Gasteiger partial charge in [-0.15, -0.1) is 0 Å². The average molecular weight is 363 g/mol. The van der Waals surface area contributed by atoms with Crippen LogP contribution in [0.15, 0.2) is 36.9 Å². The Kier molecular flexibility index (Phi) is 3.70. The van der Waals surface area contributed by atoms with Crippen LogP contribution in [0.4, 0.5) is 11.6 Å². The van der Waals surface area contributed by atoms with E-state index < -0.39 is 5.91 Å². The van der Waals surface area contributed by atoms with Crippen molar-refractivity contribution in [3.05, 3.63) is 42.5 Å². The van der Waals surface area contributed by atoms with Crippen molar-refractivity contribution in [3.63, 3.8) is 0 Å². The van der Waals surface area contributed by atoms with Gasteiger partial charge in [0.05, 0.1) is 11.3 Å². The van der Waals surface area contributed by atoms with Gasteiger partial charge in [-0.3, -0.25) is 4.79 Å². The molecular weight excluding hydrogens is 342 g/mol. The Bertz CT molecular complexity index is 972. The molecule has 2 fully saturated rings. The van der Waals surface area contributed by atoms with Gasteiger partial charge in [-0.25, -0.2) is 15.0 Å². The first kappa shape index (κ1) is 16.0. The summed E-state index contributed by atoms with van der Waals surface area (Å²) < 4.78 is 0. The zero-order chi connectivity index (χ0) is 18.4. The van der Waals surface area contributed by atoms with Crippen molar-refractivity contribution in [1.29, 1.82) is 0 Å². The fraction of sp³-hybridized carbons (Fsp3) is 0.368. The van der Waals surface area contributed by atoms with Crippen LogP contribution >= 0.6 is 0 Å². The Morgan fingerprint density at radius 3 is 2.63 bits per heavy atom. The molecule has 0 unspecified atom stereocenters. The predicted molar refractivity (Wildman–Crippen MR) is 103 cm³/mol. The summed E-state index contributed by atoms with van der Waals surface area (Å²) in [5.74, 6) is 0.351. The van der Waals surface area contributed by atoms with Gasteiger partial charge in [0.1, 0.15) is 5.65 Å². The quantitative estimate of drug-likeness (QED) is 0.654. The Labute approximate surface area is 156 Å². The number of hydrogen-bond acceptors (Lipinski definition) is 6. The van der Waals surface area contributed by atoms with E-state index in [0.717, 1.165) is 48.4 Å². The summed E-state index contributed by atoms with van der Waals surface area (Å²) in [5, 5.41) is 4.50. The van der Waals surface area contributed by atoms with Crippen LogP contribution in [0.3, 0.4) is 0 Å². The molecule has 3 aromatic rings. The Hall–Kier alpha value is -3.16. The first-order chi connectivity index (χ1) is 13.2. The van der Waals surface area contributed by atoms with Crippen molar-refractivity contribution in [2.75, 3.05) is 10.2 Å². The number of carbonyl (C=O) groups is 1. The molecular formula is C19H21N7O. The summed E-state index contributed by atoms with van der Waals surface area (Å²) in [6.07, 6.45) is 11.2. The molecule has 1 amide bonds. The number of rotatable bonds is 4. The number of nitrogens with zero attached hydrogens (tertiary/aromatic N) is 4. The second-order valence-electron chi connectivity index (χ2n) is 7.30. The van der Waals surface area contributed by atoms with E-state index in [9.17, 15) is 4.79 Å². The van der Waals surface area contributed by atoms with Gasteiger partial charge in [0.2, 0.25) is 5.95 Å². The van der Waals surface area contributed by atoms with Crippen molar-refractivity contribution in [1.82, 2.24) is 19.9 Å². The standard InChI is InChI=1S/C19H21N7O/c20-17(27)15-10-24-18-14(4-7-21-18)16(15)25-11-8-12-2-3-13(9-11)26(12)19-22-5-1-6-23-19/h1,4-7,10-13H,2-3,8-9H2,(H2,20,27)(H2,21,24,25)/t11-,12-,13+. The largest absolute Gasteiger partial charge is 0.381 e. The highest BCUT2D eigenvalue weighted by Gasteiger charge is 2.42. The lowest BCUT2D eigenvalue weighted by molar-refractivity contribution is 0.100. The molecule has 0 aliphatic carbocycles. The number of aromatic amines is 1. The SMILES string of the molecule is NC(=O)c1cnc2[nH]ccc2c1N[C@@H]1C[C@H]2CC[C@@H](C1)N2c1ncccn1. The maximum Gasteiger partial charge on any atom is 0.252 e. The number of hydrogen-bond donors (Lipinski definition) is 3. The third kappa shape index (κ3) is 2.68. The number of amides is 1. The molecule has 4 N–H and O–H groups in total. The normalized spacial score (nSPS) is 24.3. The molecule has 0 radical (unpaired) electrons. The van der Waals surface area contributed by atoms with Gasteiger partial charge in [-0.2, -0.15) is 0 Å². The number of aromatic nitrogens is 4. The number of H-pyrrole nitrogens is 1. The summed E-state index contributed by atoms with van der Waals surface area (Å²) in [6, 6.07) is 4.85. The Morgan fingerprint density at radius 1 is 1.19 bits per heavy atom. The van der Waals surface area contributed by atoms with Gasteiger partial charge in [0.25, 0.3) is 5.91 Å². The van der Waals surface area contributed by atoms with E-state index in [0.29, 0.717) is 17.6 Å². The fourth-order valence-electron chi connectivity index (χ4n) is 4.60. The zero-order valence-corrected chi connectivity index (χ0v) is 14.8. The van der Waals surface area contributed by atoms with E-state index in [4.69, 9.17) is 5.73 Å². The minimum atomic E-state index is -0.466. The van der Waals surface area contributed by atoms with Crippen molar-refractivity contribution >= 4 is 28.6 Å². The lowest BCUT2D eigenvalue weighted by Crippen LogP contribution is -2.47. The lowest BCUT2D eigenvalue weighted by atomic mass is 9.96. The van der Waals surface area contributed by atoms with Gasteiger partial charge in [0.15, 0.2) is 0 Å². The van der Waals surface area contributed by atoms with Gasteiger partial charge in [-0.1, -0.05) is 0 Å². The lowest BCUT2D eigenvalue weighted by Gasteiger charge is -2.39. The zero-order valence-electron chi connectivity index (χ0n) is 14.8. The molecule has 138 valence electrons. The number of primary amides is 1. The van der Waals surface area contributed by atoms with Crippen LogP contribution in [0.1, 0.15) is 36.0 Å². The third-order valence-electron chi connectivity index (χ3n) is 5.72. The van der Waals surface area contributed by atoms with Crippen LogP contribution in [0.5, 0.6) is 0 Å². The Morgan fingerprint density at radius 2 is 1.93 bits per heavy atom. The van der Waals surface area contributed by atoms with Crippen LogP contribution in [-0.2, 0) is 0 Å². The number of fused-ring (bicyclic) bond motifs is 3. The minimum absolute atomic E-state index is 0.265. The molecule has 0 saturated carbocycles. The number of nitrogens with two attached hydrogens (primary N) is 1. The molecule has 0 spiro atoms. The van der Waals surface area contributed by atoms with Gasteiger partial charge >= 0.3 is 0 Å². The number of piperidine rings is 1. The molecule has 2 bridgehead atoms. The Balaban J connectivity index is 1.43. The second-order valence-corrected chi connectivity index (χ2v) is 7.30. The van der Waals surface area contributed by atoms with Crippen molar-refractivity contribution in [2.45, 2.75) is 43.8 Å². The van der Waals surface area contributed by atoms with Gasteiger partial charge < -0.3 is 20.9 Å². The smallest absolute Gasteiger partial charge is 0.252 e. The van der Waals surface area contributed by atoms with Crippen LogP contribution in [0.2, 0.25) is 0 Å². The van der Waals surface area contributed by atoms with Crippen LogP contribution in [0, 0.1) is 0 Å². The van der Waals surface area contributed by atoms with Crippen molar-refractivity contribution in [3.8, 4) is 0 Å². The monoisotopic (exact) mass is 363 g/mol. The second kappa shape index (κ2) is 6.22. The minimum Gasteiger partial charge on any atom is -0.381 e. The molecule has 2 aliphatic rings. The average Bonchev–Trinajstić information content (AvgIpc) is 3.25. The predicted octanol–water partition coefficient (Wildman–Crippen LogP) is 2.06. The number of pyridine rings is 1. The molecule has 8 heteroatoms. The highest BCUT2D eigenvalue weighted by Crippen LogP contribution is 2.39. The number of nitrogens with one attached hydrogen (secondary N) is 2. The highest BCUT2D eigenvalue weighted by molar-refractivity contribution is 6.05. The van der Waals surface area contributed by atoms with E-state index in [1.165, 1.54) is 0 Å². The molecule has 3 atom stereocenters. The molecule has 8 nitrogen and oxygen atoms in total. The van der Waals surface area contributed by atoms with Crippen LogP contribution < -0.4 is 16.0 Å². The maximum absolute atomic E-state index is 11.9. The third-order valence-corrected chi connectivity index (χ3v) is 5.72. The van der Waals surface area contributed by atoms with E-state index in [1.807, 2.05) is 18.3 Å². The molecule has 5 heterocycles.